The van der Waals surface area contributed by atoms with Crippen molar-refractivity contribution >= 4 is 43.1 Å². The number of carbonyl (C=O) groups excluding carboxylic acids is 2. The number of benzene rings is 1. The minimum absolute atomic E-state index is 0.0763. The number of non-ortho nitro benzene ring substituents is 1. The molecule has 11 nitrogen and oxygen atoms in total. The van der Waals surface area contributed by atoms with E-state index in [-0.39, 0.29) is 23.6 Å². The molecule has 0 aromatic heterocycles. The molecule has 2 aliphatic rings. The number of nitro groups is 1. The number of nitrogens with zero attached hydrogens (tertiary/aromatic N) is 3. The summed E-state index contributed by atoms with van der Waals surface area (Å²) in [6, 6.07) is 4.74. The van der Waals surface area contributed by atoms with Crippen LogP contribution < -0.4 is 0 Å². The molecule has 154 valence electrons. The Bertz CT molecular complexity index is 971. The van der Waals surface area contributed by atoms with Crippen molar-refractivity contribution in [2.75, 3.05) is 12.4 Å². The van der Waals surface area contributed by atoms with E-state index in [0.717, 1.165) is 4.90 Å². The third-order valence-electron chi connectivity index (χ3n) is 4.20. The van der Waals surface area contributed by atoms with Crippen molar-refractivity contribution < 1.29 is 33.6 Å². The Hall–Kier alpha value is -2.53. The lowest BCUT2D eigenvalue weighted by molar-refractivity contribution is -0.384. The van der Waals surface area contributed by atoms with Crippen LogP contribution in [0.3, 0.4) is 0 Å². The van der Waals surface area contributed by atoms with E-state index in [2.05, 4.69) is 4.99 Å². The molecular formula is C16H16N3O8PS. The van der Waals surface area contributed by atoms with Crippen LogP contribution in [0.4, 0.5) is 5.69 Å². The summed E-state index contributed by atoms with van der Waals surface area (Å²) in [5.41, 5.74) is 0.215. The Kier molecular flexibility index (Phi) is 5.90. The van der Waals surface area contributed by atoms with Crippen LogP contribution in [0, 0.1) is 10.1 Å². The first-order valence-corrected chi connectivity index (χ1v) is 10.9. The van der Waals surface area contributed by atoms with E-state index in [1.165, 1.54) is 49.2 Å². The molecule has 2 aliphatic heterocycles. The van der Waals surface area contributed by atoms with Gasteiger partial charge in [-0.25, -0.2) is 0 Å². The third kappa shape index (κ3) is 4.40. The zero-order valence-electron chi connectivity index (χ0n) is 15.0. The molecule has 1 fully saturated rings. The van der Waals surface area contributed by atoms with Gasteiger partial charge in [-0.15, -0.1) is 11.8 Å². The van der Waals surface area contributed by atoms with Crippen LogP contribution in [0.2, 0.25) is 0 Å². The zero-order valence-corrected chi connectivity index (χ0v) is 16.7. The molecule has 0 spiro atoms. The van der Waals surface area contributed by atoms with Gasteiger partial charge in [-0.1, -0.05) is 0 Å². The number of fused-ring (bicyclic) bond motifs is 1. The monoisotopic (exact) mass is 441 g/mol. The number of carbonyl (C=O) groups is 2. The van der Waals surface area contributed by atoms with Crippen molar-refractivity contribution in [2.45, 2.75) is 18.3 Å². The van der Waals surface area contributed by atoms with Crippen molar-refractivity contribution in [3.05, 3.63) is 51.0 Å². The third-order valence-corrected chi connectivity index (χ3v) is 6.61. The van der Waals surface area contributed by atoms with Gasteiger partial charge in [0.1, 0.15) is 17.4 Å². The van der Waals surface area contributed by atoms with Gasteiger partial charge in [0, 0.05) is 36.6 Å². The maximum absolute atomic E-state index is 12.5. The highest BCUT2D eigenvalue weighted by atomic mass is 32.2. The molecular weight excluding hydrogens is 425 g/mol. The van der Waals surface area contributed by atoms with Crippen LogP contribution >= 0.6 is 19.4 Å². The normalized spacial score (nSPS) is 21.8. The smallest absolute Gasteiger partial charge is 0.372 e. The minimum atomic E-state index is -4.79. The van der Waals surface area contributed by atoms with Gasteiger partial charge in [0.2, 0.25) is 0 Å². The summed E-state index contributed by atoms with van der Waals surface area (Å²) < 4.78 is 16.8. The van der Waals surface area contributed by atoms with Crippen LogP contribution in [-0.4, -0.2) is 61.5 Å². The lowest BCUT2D eigenvalue weighted by atomic mass is 10.1. The highest BCUT2D eigenvalue weighted by Crippen LogP contribution is 2.56. The maximum Gasteiger partial charge on any atom is 0.372 e. The van der Waals surface area contributed by atoms with Crippen LogP contribution in [0.15, 0.2) is 40.3 Å². The number of hydrogen-bond acceptors (Lipinski definition) is 8. The number of ether oxygens (including phenoxy) is 1. The average molecular weight is 441 g/mol. The molecule has 1 aromatic carbocycles. The molecule has 3 rings (SSSR count). The number of rotatable bonds is 6. The molecule has 2 heterocycles. The number of thioether (sulfide) groups is 1. The average Bonchev–Trinajstić information content (AvgIpc) is 2.65. The fourth-order valence-corrected chi connectivity index (χ4v) is 5.45. The van der Waals surface area contributed by atoms with E-state index in [4.69, 9.17) is 4.74 Å². The molecule has 13 heteroatoms. The van der Waals surface area contributed by atoms with Crippen LogP contribution in [0.25, 0.3) is 0 Å². The number of esters is 1. The Labute approximate surface area is 168 Å². The van der Waals surface area contributed by atoms with Gasteiger partial charge in [-0.2, -0.15) is 0 Å². The highest BCUT2D eigenvalue weighted by Gasteiger charge is 2.55. The van der Waals surface area contributed by atoms with E-state index in [9.17, 15) is 34.1 Å². The topological polar surface area (TPSA) is 160 Å². The summed E-state index contributed by atoms with van der Waals surface area (Å²) in [7, 11) is -4.79. The first-order valence-electron chi connectivity index (χ1n) is 8.23. The largest absolute Gasteiger partial charge is 0.461 e. The molecule has 29 heavy (non-hydrogen) atoms. The number of β-lactam (4-membered cyclic amide) rings is 1. The molecule has 2 N–H and O–H groups in total. The molecule has 1 amide bonds. The number of amides is 1. The molecule has 1 aromatic rings. The van der Waals surface area contributed by atoms with Gasteiger partial charge < -0.3 is 14.5 Å². The van der Waals surface area contributed by atoms with Crippen molar-refractivity contribution in [3.63, 3.8) is 0 Å². The molecule has 2 atom stereocenters. The SMILES string of the molecule is CC(=O)OCC1=C(P(=O)(O)O)N2C(=O)[C@@H](N=Cc3ccc([N+](=O)[O-])cc3)[C@H]2SC1. The van der Waals surface area contributed by atoms with Gasteiger partial charge >= 0.3 is 13.6 Å². The zero-order chi connectivity index (χ0) is 21.3. The molecule has 0 radical (unpaired) electrons. The first kappa shape index (κ1) is 21.2. The Morgan fingerprint density at radius 1 is 1.45 bits per heavy atom. The first-order chi connectivity index (χ1) is 13.6. The van der Waals surface area contributed by atoms with E-state index < -0.39 is 41.2 Å². The van der Waals surface area contributed by atoms with Crippen molar-refractivity contribution in [3.8, 4) is 0 Å². The Morgan fingerprint density at radius 2 is 2.10 bits per heavy atom. The second kappa shape index (κ2) is 8.07. The molecule has 0 unspecified atom stereocenters. The summed E-state index contributed by atoms with van der Waals surface area (Å²) >= 11 is 1.26. The Balaban J connectivity index is 1.79. The minimum Gasteiger partial charge on any atom is -0.461 e. The van der Waals surface area contributed by atoms with Crippen molar-refractivity contribution in [2.24, 2.45) is 4.99 Å². The van der Waals surface area contributed by atoms with Gasteiger partial charge in [-0.3, -0.25) is 34.2 Å². The standard InChI is InChI=1S/C16H16N3O8PS/c1-9(20)27-7-11-8-29-16-13(14(21)18(16)15(11)28(24,25)26)17-6-10-2-4-12(5-3-10)19(22)23/h2-6,13,16H,7-8H2,1H3,(H2,24,25,26)/t13-,16-/m1/s1. The second-order valence-corrected chi connectivity index (χ2v) is 8.85. The highest BCUT2D eigenvalue weighted by molar-refractivity contribution is 8.00. The summed E-state index contributed by atoms with van der Waals surface area (Å²) in [6.07, 6.45) is 1.39. The maximum atomic E-state index is 12.5. The molecule has 0 saturated carbocycles. The van der Waals surface area contributed by atoms with E-state index in [1.807, 2.05) is 0 Å². The fraction of sp³-hybridized carbons (Fsp3) is 0.312. The quantitative estimate of drug-likeness (QED) is 0.165. The molecule has 0 bridgehead atoms. The van der Waals surface area contributed by atoms with E-state index in [1.54, 1.807) is 0 Å². The van der Waals surface area contributed by atoms with Gasteiger partial charge in [0.05, 0.1) is 4.92 Å². The van der Waals surface area contributed by atoms with Gasteiger partial charge in [0.15, 0.2) is 6.04 Å². The van der Waals surface area contributed by atoms with Crippen LogP contribution in [0.5, 0.6) is 0 Å². The predicted molar refractivity (Wildman–Crippen MR) is 103 cm³/mol. The summed E-state index contributed by atoms with van der Waals surface area (Å²) in [6.45, 7) is 0.865. The summed E-state index contributed by atoms with van der Waals surface area (Å²) in [5.74, 6) is -1.01. The van der Waals surface area contributed by atoms with E-state index in [0.29, 0.717) is 5.56 Å². The second-order valence-electron chi connectivity index (χ2n) is 6.23. The fourth-order valence-electron chi connectivity index (χ4n) is 2.89. The lowest BCUT2D eigenvalue weighted by Crippen LogP contribution is -2.63. The van der Waals surface area contributed by atoms with Crippen molar-refractivity contribution in [1.82, 2.24) is 4.90 Å². The number of aliphatic imine (C=N–C) groups is 1. The van der Waals surface area contributed by atoms with Gasteiger partial charge in [-0.05, 0) is 17.7 Å². The molecule has 1 saturated heterocycles. The predicted octanol–water partition coefficient (Wildman–Crippen LogP) is 1.25. The summed E-state index contributed by atoms with van der Waals surface area (Å²) in [5, 5.41) is 10.1. The lowest BCUT2D eigenvalue weighted by Gasteiger charge is -2.48. The molecule has 0 aliphatic carbocycles. The summed E-state index contributed by atoms with van der Waals surface area (Å²) in [4.78, 5) is 58.3. The van der Waals surface area contributed by atoms with Gasteiger partial charge in [0.25, 0.3) is 11.6 Å². The van der Waals surface area contributed by atoms with Crippen molar-refractivity contribution in [1.29, 1.82) is 0 Å². The van der Waals surface area contributed by atoms with Crippen LogP contribution in [-0.2, 0) is 18.9 Å². The van der Waals surface area contributed by atoms with Crippen LogP contribution in [0.1, 0.15) is 12.5 Å². The van der Waals surface area contributed by atoms with E-state index >= 15 is 0 Å². The Morgan fingerprint density at radius 3 is 2.66 bits per heavy atom. The number of hydrogen-bond donors (Lipinski definition) is 2. The number of nitro benzene ring substituents is 1.